The number of aromatic nitrogens is 1. The third-order valence-electron chi connectivity index (χ3n) is 3.53. The maximum absolute atomic E-state index is 12.2. The van der Waals surface area contributed by atoms with E-state index in [-0.39, 0.29) is 40.8 Å². The van der Waals surface area contributed by atoms with Gasteiger partial charge in [-0.15, -0.1) is 10.2 Å². The van der Waals surface area contributed by atoms with Gasteiger partial charge in [0.2, 0.25) is 5.82 Å². The minimum atomic E-state index is -0.651. The van der Waals surface area contributed by atoms with Gasteiger partial charge in [-0.3, -0.25) is 9.59 Å². The molecular weight excluding hydrogens is 330 g/mol. The average Bonchev–Trinajstić information content (AvgIpc) is 2.98. The number of aliphatic hydroxyl groups is 1. The van der Waals surface area contributed by atoms with Crippen molar-refractivity contribution in [3.05, 3.63) is 21.9 Å². The van der Waals surface area contributed by atoms with Crippen molar-refractivity contribution in [3.63, 3.8) is 0 Å². The molecule has 1 aromatic heterocycles. The second-order valence-corrected chi connectivity index (χ2v) is 7.62. The molecule has 9 heteroatoms. The highest BCUT2D eigenvalue weighted by Gasteiger charge is 2.33. The fourth-order valence-corrected chi connectivity index (χ4v) is 3.13. The van der Waals surface area contributed by atoms with Crippen molar-refractivity contribution < 1.29 is 14.7 Å². The van der Waals surface area contributed by atoms with Crippen LogP contribution in [0.25, 0.3) is 0 Å². The number of primary amides is 1. The SMILES string of the molecule is CC(C)N1CC(O)=C(N=Nc2nsc(C(C)(C)C)c2C(N)=O)C1=O. The first-order valence-electron chi connectivity index (χ1n) is 7.48. The molecule has 0 bridgehead atoms. The Balaban J connectivity index is 2.37. The normalized spacial score (nSPS) is 16.1. The van der Waals surface area contributed by atoms with Crippen molar-refractivity contribution in [1.29, 1.82) is 0 Å². The molecule has 0 saturated heterocycles. The van der Waals surface area contributed by atoms with E-state index >= 15 is 0 Å². The lowest BCUT2D eigenvalue weighted by Gasteiger charge is -2.19. The first-order valence-corrected chi connectivity index (χ1v) is 8.26. The minimum Gasteiger partial charge on any atom is -0.508 e. The summed E-state index contributed by atoms with van der Waals surface area (Å²) in [6.07, 6.45) is 0. The van der Waals surface area contributed by atoms with E-state index in [4.69, 9.17) is 5.73 Å². The molecule has 130 valence electrons. The van der Waals surface area contributed by atoms with E-state index in [1.165, 1.54) is 4.90 Å². The van der Waals surface area contributed by atoms with E-state index in [0.717, 1.165) is 11.5 Å². The van der Waals surface area contributed by atoms with Gasteiger partial charge < -0.3 is 15.7 Å². The average molecular weight is 351 g/mol. The lowest BCUT2D eigenvalue weighted by atomic mass is 9.91. The number of aliphatic hydroxyl groups excluding tert-OH is 1. The van der Waals surface area contributed by atoms with Gasteiger partial charge in [0, 0.05) is 10.9 Å². The third-order valence-corrected chi connectivity index (χ3v) is 4.79. The number of hydrogen-bond acceptors (Lipinski definition) is 7. The summed E-state index contributed by atoms with van der Waals surface area (Å²) in [6.45, 7) is 9.58. The number of rotatable bonds is 4. The van der Waals surface area contributed by atoms with Gasteiger partial charge in [0.25, 0.3) is 11.8 Å². The fraction of sp³-hybridized carbons (Fsp3) is 0.533. The molecule has 0 saturated carbocycles. The highest BCUT2D eigenvalue weighted by molar-refractivity contribution is 7.06. The summed E-state index contributed by atoms with van der Waals surface area (Å²) in [7, 11) is 0. The van der Waals surface area contributed by atoms with Crippen LogP contribution in [0.1, 0.15) is 49.9 Å². The van der Waals surface area contributed by atoms with Crippen molar-refractivity contribution in [1.82, 2.24) is 9.27 Å². The molecule has 0 radical (unpaired) electrons. The Kier molecular flexibility index (Phi) is 4.75. The van der Waals surface area contributed by atoms with Gasteiger partial charge in [-0.2, -0.15) is 4.37 Å². The van der Waals surface area contributed by atoms with Gasteiger partial charge >= 0.3 is 0 Å². The van der Waals surface area contributed by atoms with E-state index in [0.29, 0.717) is 4.88 Å². The van der Waals surface area contributed by atoms with E-state index < -0.39 is 11.8 Å². The topological polar surface area (TPSA) is 121 Å². The first-order chi connectivity index (χ1) is 11.0. The summed E-state index contributed by atoms with van der Waals surface area (Å²) in [5, 5.41) is 17.6. The zero-order chi connectivity index (χ0) is 18.2. The zero-order valence-corrected chi connectivity index (χ0v) is 15.1. The molecule has 2 amide bonds. The van der Waals surface area contributed by atoms with Crippen LogP contribution >= 0.6 is 11.5 Å². The maximum atomic E-state index is 12.2. The molecule has 0 aromatic carbocycles. The summed E-state index contributed by atoms with van der Waals surface area (Å²) >= 11 is 1.12. The van der Waals surface area contributed by atoms with Crippen molar-refractivity contribution in [2.75, 3.05) is 6.54 Å². The van der Waals surface area contributed by atoms with Crippen LogP contribution in [-0.4, -0.2) is 38.8 Å². The van der Waals surface area contributed by atoms with Crippen molar-refractivity contribution in [3.8, 4) is 0 Å². The summed E-state index contributed by atoms with van der Waals surface area (Å²) in [5.74, 6) is -1.14. The Hall–Kier alpha value is -2.29. The summed E-state index contributed by atoms with van der Waals surface area (Å²) in [5.41, 5.74) is 5.18. The van der Waals surface area contributed by atoms with Gasteiger partial charge in [0.05, 0.1) is 6.54 Å². The fourth-order valence-electron chi connectivity index (χ4n) is 2.27. The second-order valence-electron chi connectivity index (χ2n) is 6.85. The second kappa shape index (κ2) is 6.31. The van der Waals surface area contributed by atoms with E-state index in [1.54, 1.807) is 0 Å². The molecule has 1 aromatic rings. The maximum Gasteiger partial charge on any atom is 0.278 e. The summed E-state index contributed by atoms with van der Waals surface area (Å²) in [4.78, 5) is 26.1. The van der Waals surface area contributed by atoms with Gasteiger partial charge in [-0.1, -0.05) is 20.8 Å². The summed E-state index contributed by atoms with van der Waals surface area (Å²) in [6, 6.07) is -0.0692. The molecule has 2 heterocycles. The first kappa shape index (κ1) is 18.1. The number of azo groups is 1. The quantitative estimate of drug-likeness (QED) is 0.810. The van der Waals surface area contributed by atoms with Crippen LogP contribution in [0.2, 0.25) is 0 Å². The number of carbonyl (C=O) groups is 2. The number of hydrogen-bond donors (Lipinski definition) is 2. The van der Waals surface area contributed by atoms with E-state index in [9.17, 15) is 14.7 Å². The van der Waals surface area contributed by atoms with E-state index in [1.807, 2.05) is 34.6 Å². The lowest BCUT2D eigenvalue weighted by molar-refractivity contribution is -0.127. The number of amides is 2. The predicted molar refractivity (Wildman–Crippen MR) is 90.4 cm³/mol. The van der Waals surface area contributed by atoms with E-state index in [2.05, 4.69) is 14.6 Å². The Labute approximate surface area is 144 Å². The van der Waals surface area contributed by atoms with Gasteiger partial charge in [-0.05, 0) is 30.8 Å². The molecule has 2 rings (SSSR count). The number of nitrogens with zero attached hydrogens (tertiary/aromatic N) is 4. The number of nitrogens with two attached hydrogens (primary N) is 1. The zero-order valence-electron chi connectivity index (χ0n) is 14.3. The molecule has 0 aliphatic carbocycles. The molecule has 8 nitrogen and oxygen atoms in total. The molecule has 1 aliphatic heterocycles. The Morgan fingerprint density at radius 1 is 1.38 bits per heavy atom. The smallest absolute Gasteiger partial charge is 0.278 e. The van der Waals surface area contributed by atoms with Crippen LogP contribution in [0.15, 0.2) is 21.7 Å². The Morgan fingerprint density at radius 2 is 2.00 bits per heavy atom. The van der Waals surface area contributed by atoms with Crippen molar-refractivity contribution >= 4 is 29.2 Å². The predicted octanol–water partition coefficient (Wildman–Crippen LogP) is 2.64. The summed E-state index contributed by atoms with van der Waals surface area (Å²) < 4.78 is 4.12. The highest BCUT2D eigenvalue weighted by Crippen LogP contribution is 2.35. The molecule has 3 N–H and O–H groups in total. The minimum absolute atomic E-state index is 0.0634. The number of carbonyl (C=O) groups excluding carboxylic acids is 2. The molecule has 0 fully saturated rings. The van der Waals surface area contributed by atoms with Crippen LogP contribution in [0.4, 0.5) is 5.82 Å². The third kappa shape index (κ3) is 3.30. The van der Waals surface area contributed by atoms with Crippen LogP contribution in [-0.2, 0) is 10.2 Å². The molecule has 0 unspecified atom stereocenters. The van der Waals surface area contributed by atoms with Gasteiger partial charge in [0.1, 0.15) is 11.3 Å². The molecular formula is C15H21N5O3S. The Bertz CT molecular complexity index is 743. The monoisotopic (exact) mass is 351 g/mol. The highest BCUT2D eigenvalue weighted by atomic mass is 32.1. The van der Waals surface area contributed by atoms with Crippen LogP contribution in [0.5, 0.6) is 0 Å². The van der Waals surface area contributed by atoms with Crippen molar-refractivity contribution in [2.24, 2.45) is 16.0 Å². The molecule has 1 aliphatic rings. The van der Waals surface area contributed by atoms with Crippen LogP contribution in [0.3, 0.4) is 0 Å². The molecule has 0 spiro atoms. The Morgan fingerprint density at radius 3 is 2.46 bits per heavy atom. The van der Waals surface area contributed by atoms with Crippen LogP contribution < -0.4 is 5.73 Å². The molecule has 24 heavy (non-hydrogen) atoms. The lowest BCUT2D eigenvalue weighted by Crippen LogP contribution is -2.33. The molecule has 0 atom stereocenters. The van der Waals surface area contributed by atoms with Crippen molar-refractivity contribution in [2.45, 2.75) is 46.1 Å². The van der Waals surface area contributed by atoms with Crippen LogP contribution in [0, 0.1) is 0 Å². The van der Waals surface area contributed by atoms with Gasteiger partial charge in [0.15, 0.2) is 5.70 Å². The van der Waals surface area contributed by atoms with Gasteiger partial charge in [-0.25, -0.2) is 0 Å². The largest absolute Gasteiger partial charge is 0.508 e. The standard InChI is InChI=1S/C15H21N5O3S/c1-7(2)20-6-8(21)10(14(20)23)17-18-13-9(12(16)22)11(24-19-13)15(3,4)5/h7,21H,6H2,1-5H3,(H2,16,22).